The monoisotopic (exact) mass is 408 g/mol. The van der Waals surface area contributed by atoms with Gasteiger partial charge in [-0.25, -0.2) is 8.42 Å². The fraction of sp³-hybridized carbons (Fsp3) is 0.136. The minimum absolute atomic E-state index is 0.0811. The van der Waals surface area contributed by atoms with Gasteiger partial charge in [0.2, 0.25) is 20.7 Å². The molecule has 0 aliphatic rings. The largest absolute Gasteiger partial charge is 0.459 e. The zero-order valence-corrected chi connectivity index (χ0v) is 16.9. The fourth-order valence-corrected chi connectivity index (χ4v) is 4.10. The zero-order chi connectivity index (χ0) is 20.4. The number of hydrogen-bond acceptors (Lipinski definition) is 6. The number of rotatable bonds is 6. The van der Waals surface area contributed by atoms with E-state index in [1.54, 1.807) is 36.4 Å². The third kappa shape index (κ3) is 3.95. The first-order valence-corrected chi connectivity index (χ1v) is 10.6. The number of hydrogen-bond donors (Lipinski definition) is 1. The van der Waals surface area contributed by atoms with Crippen molar-refractivity contribution in [2.45, 2.75) is 30.3 Å². The van der Waals surface area contributed by atoms with Crippen molar-refractivity contribution in [1.82, 2.24) is 4.98 Å². The lowest BCUT2D eigenvalue weighted by Crippen LogP contribution is -2.07. The summed E-state index contributed by atoms with van der Waals surface area (Å²) in [6.07, 6.45) is 1.48. The summed E-state index contributed by atoms with van der Waals surface area (Å²) in [6.45, 7) is 4.30. The van der Waals surface area contributed by atoms with Gasteiger partial charge in [-0.2, -0.15) is 4.98 Å². The van der Waals surface area contributed by atoms with Crippen LogP contribution in [0.3, 0.4) is 0 Å². The minimum Gasteiger partial charge on any atom is -0.459 e. The van der Waals surface area contributed by atoms with Crippen molar-refractivity contribution in [3.05, 3.63) is 83.6 Å². The van der Waals surface area contributed by atoms with E-state index in [9.17, 15) is 8.42 Å². The minimum atomic E-state index is -3.88. The molecular formula is C22H20N2O4S. The Labute approximate surface area is 169 Å². The van der Waals surface area contributed by atoms with E-state index in [0.29, 0.717) is 12.3 Å². The van der Waals surface area contributed by atoms with Gasteiger partial charge in [-0.1, -0.05) is 47.5 Å². The van der Waals surface area contributed by atoms with Crippen LogP contribution in [0.1, 0.15) is 16.7 Å². The van der Waals surface area contributed by atoms with E-state index in [4.69, 9.17) is 8.83 Å². The zero-order valence-electron chi connectivity index (χ0n) is 16.0. The Bertz CT molecular complexity index is 1210. The topological polar surface area (TPSA) is 85.3 Å². The highest BCUT2D eigenvalue weighted by atomic mass is 32.2. The summed E-state index contributed by atoms with van der Waals surface area (Å²) < 4.78 is 37.5. The first-order chi connectivity index (χ1) is 13.9. The van der Waals surface area contributed by atoms with Gasteiger partial charge >= 0.3 is 0 Å². The summed E-state index contributed by atoms with van der Waals surface area (Å²) in [6, 6.07) is 17.9. The van der Waals surface area contributed by atoms with Crippen LogP contribution < -0.4 is 5.32 Å². The average Bonchev–Trinajstić information content (AvgIpc) is 3.38. The van der Waals surface area contributed by atoms with Gasteiger partial charge in [0.05, 0.1) is 11.2 Å². The smallest absolute Gasteiger partial charge is 0.266 e. The average molecular weight is 408 g/mol. The molecule has 0 aliphatic heterocycles. The van der Waals surface area contributed by atoms with Gasteiger partial charge in [-0.15, -0.1) is 0 Å². The molecule has 29 heavy (non-hydrogen) atoms. The second kappa shape index (κ2) is 7.60. The molecule has 0 saturated heterocycles. The molecular weight excluding hydrogens is 388 g/mol. The summed E-state index contributed by atoms with van der Waals surface area (Å²) in [4.78, 5) is 4.39. The van der Waals surface area contributed by atoms with Crippen LogP contribution in [0.4, 0.5) is 5.88 Å². The lowest BCUT2D eigenvalue weighted by atomic mass is 10.1. The number of benzene rings is 2. The molecule has 7 heteroatoms. The van der Waals surface area contributed by atoms with Crippen molar-refractivity contribution in [1.29, 1.82) is 0 Å². The normalized spacial score (nSPS) is 11.5. The van der Waals surface area contributed by atoms with Crippen LogP contribution in [0.5, 0.6) is 0 Å². The van der Waals surface area contributed by atoms with E-state index in [1.165, 1.54) is 6.26 Å². The van der Waals surface area contributed by atoms with Crippen LogP contribution in [-0.2, 0) is 16.4 Å². The van der Waals surface area contributed by atoms with E-state index in [2.05, 4.69) is 10.3 Å². The van der Waals surface area contributed by atoms with Crippen molar-refractivity contribution in [3.8, 4) is 11.7 Å². The van der Waals surface area contributed by atoms with E-state index >= 15 is 0 Å². The van der Waals surface area contributed by atoms with Gasteiger partial charge in [0, 0.05) is 6.54 Å². The maximum atomic E-state index is 13.2. The molecule has 1 N–H and O–H groups in total. The first kappa shape index (κ1) is 19.0. The Kier molecular flexibility index (Phi) is 4.98. The Morgan fingerprint density at radius 1 is 0.931 bits per heavy atom. The highest BCUT2D eigenvalue weighted by Crippen LogP contribution is 2.32. The molecule has 4 aromatic rings. The number of aryl methyl sites for hydroxylation is 2. The molecule has 0 fully saturated rings. The number of aromatic nitrogens is 1. The molecule has 0 radical (unpaired) electrons. The van der Waals surface area contributed by atoms with Crippen molar-refractivity contribution in [2.75, 3.05) is 5.32 Å². The Morgan fingerprint density at radius 3 is 2.21 bits per heavy atom. The second-order valence-corrected chi connectivity index (χ2v) is 8.65. The standard InChI is InChI=1S/C22H20N2O4S/c1-15-5-9-17(10-6-15)14-23-21-22(24-20(28-21)19-4-3-13-27-19)29(25,26)18-11-7-16(2)8-12-18/h3-13,23H,14H2,1-2H3. The van der Waals surface area contributed by atoms with Gasteiger partial charge in [0.25, 0.3) is 5.89 Å². The highest BCUT2D eigenvalue weighted by molar-refractivity contribution is 7.91. The van der Waals surface area contributed by atoms with Crippen molar-refractivity contribution < 1.29 is 17.3 Å². The second-order valence-electron chi connectivity index (χ2n) is 6.79. The number of nitrogens with one attached hydrogen (secondary N) is 1. The number of furan rings is 1. The van der Waals surface area contributed by atoms with Crippen LogP contribution in [0.2, 0.25) is 0 Å². The molecule has 0 unspecified atom stereocenters. The van der Waals surface area contributed by atoms with Gasteiger partial charge in [-0.05, 0) is 43.7 Å². The number of oxazole rings is 1. The Hall–Kier alpha value is -3.32. The molecule has 0 amide bonds. The summed E-state index contributed by atoms with van der Waals surface area (Å²) in [5.74, 6) is 0.540. The molecule has 0 atom stereocenters. The summed E-state index contributed by atoms with van der Waals surface area (Å²) in [5.41, 5.74) is 3.11. The molecule has 0 bridgehead atoms. The van der Waals surface area contributed by atoms with Crippen LogP contribution in [0.15, 0.2) is 85.7 Å². The quantitative estimate of drug-likeness (QED) is 0.483. The molecule has 2 aromatic carbocycles. The van der Waals surface area contributed by atoms with Crippen LogP contribution in [-0.4, -0.2) is 13.4 Å². The SMILES string of the molecule is Cc1ccc(CNc2oc(-c3ccco3)nc2S(=O)(=O)c2ccc(C)cc2)cc1. The predicted octanol–water partition coefficient (Wildman–Crippen LogP) is 5.00. The maximum absolute atomic E-state index is 13.2. The maximum Gasteiger partial charge on any atom is 0.266 e. The van der Waals surface area contributed by atoms with E-state index in [-0.39, 0.29) is 21.7 Å². The number of anilines is 1. The third-order valence-electron chi connectivity index (χ3n) is 4.49. The van der Waals surface area contributed by atoms with E-state index in [1.807, 2.05) is 38.1 Å². The molecule has 6 nitrogen and oxygen atoms in total. The summed E-state index contributed by atoms with van der Waals surface area (Å²) in [7, 11) is -3.88. The fourth-order valence-electron chi connectivity index (χ4n) is 2.82. The number of sulfone groups is 1. The number of nitrogens with zero attached hydrogens (tertiary/aromatic N) is 1. The summed E-state index contributed by atoms with van der Waals surface area (Å²) >= 11 is 0. The molecule has 0 spiro atoms. The molecule has 4 rings (SSSR count). The van der Waals surface area contributed by atoms with Crippen molar-refractivity contribution in [2.24, 2.45) is 0 Å². The van der Waals surface area contributed by atoms with Crippen molar-refractivity contribution in [3.63, 3.8) is 0 Å². The molecule has 0 saturated carbocycles. The molecule has 148 valence electrons. The van der Waals surface area contributed by atoms with Gasteiger partial charge in [0.1, 0.15) is 0 Å². The van der Waals surface area contributed by atoms with Crippen LogP contribution in [0.25, 0.3) is 11.7 Å². The Morgan fingerprint density at radius 2 is 1.59 bits per heavy atom. The van der Waals surface area contributed by atoms with Gasteiger partial charge < -0.3 is 14.2 Å². The third-order valence-corrected chi connectivity index (χ3v) is 6.17. The predicted molar refractivity (Wildman–Crippen MR) is 109 cm³/mol. The van der Waals surface area contributed by atoms with Crippen molar-refractivity contribution >= 4 is 15.7 Å². The van der Waals surface area contributed by atoms with Gasteiger partial charge in [0.15, 0.2) is 5.76 Å². The Balaban J connectivity index is 1.73. The highest BCUT2D eigenvalue weighted by Gasteiger charge is 2.29. The van der Waals surface area contributed by atoms with Gasteiger partial charge in [-0.3, -0.25) is 0 Å². The lowest BCUT2D eigenvalue weighted by Gasteiger charge is -2.07. The first-order valence-electron chi connectivity index (χ1n) is 9.09. The summed E-state index contributed by atoms with van der Waals surface area (Å²) in [5, 5.41) is 2.90. The van der Waals surface area contributed by atoms with E-state index in [0.717, 1.165) is 16.7 Å². The van der Waals surface area contributed by atoms with Crippen LogP contribution in [0, 0.1) is 13.8 Å². The van der Waals surface area contributed by atoms with Crippen LogP contribution >= 0.6 is 0 Å². The lowest BCUT2D eigenvalue weighted by molar-refractivity contribution is 0.522. The molecule has 2 aromatic heterocycles. The van der Waals surface area contributed by atoms with E-state index < -0.39 is 9.84 Å². The molecule has 2 heterocycles. The molecule has 0 aliphatic carbocycles.